The van der Waals surface area contributed by atoms with E-state index in [0.717, 1.165) is 23.6 Å². The SMILES string of the molecule is CC1c2c(Cl)cccc2CCN1C(=O)CNc1cc2nc[nH]c(=O)c2cc1F. The van der Waals surface area contributed by atoms with Gasteiger partial charge in [0, 0.05) is 11.6 Å². The van der Waals surface area contributed by atoms with Crippen molar-refractivity contribution in [3.63, 3.8) is 0 Å². The number of anilines is 1. The third-order valence-electron chi connectivity index (χ3n) is 5.13. The molecule has 0 saturated heterocycles. The Morgan fingerprint density at radius 2 is 2.25 bits per heavy atom. The Balaban J connectivity index is 1.52. The van der Waals surface area contributed by atoms with E-state index in [-0.39, 0.29) is 29.6 Å². The van der Waals surface area contributed by atoms with Gasteiger partial charge in [0.15, 0.2) is 0 Å². The second kappa shape index (κ2) is 7.24. The Morgan fingerprint density at radius 3 is 3.07 bits per heavy atom. The summed E-state index contributed by atoms with van der Waals surface area (Å²) >= 11 is 6.33. The van der Waals surface area contributed by atoms with Crippen LogP contribution in [0.4, 0.5) is 10.1 Å². The normalized spacial score (nSPS) is 16.1. The van der Waals surface area contributed by atoms with Crippen molar-refractivity contribution in [3.8, 4) is 0 Å². The van der Waals surface area contributed by atoms with E-state index < -0.39 is 11.4 Å². The van der Waals surface area contributed by atoms with Crippen LogP contribution in [0.5, 0.6) is 0 Å². The molecular weight excluding hydrogens is 383 g/mol. The topological polar surface area (TPSA) is 78.1 Å². The molecule has 144 valence electrons. The van der Waals surface area contributed by atoms with Crippen LogP contribution in [0, 0.1) is 5.82 Å². The molecule has 1 aliphatic rings. The van der Waals surface area contributed by atoms with Crippen LogP contribution < -0.4 is 10.9 Å². The van der Waals surface area contributed by atoms with Crippen LogP contribution in [0.1, 0.15) is 24.1 Å². The number of nitrogens with one attached hydrogen (secondary N) is 2. The molecule has 6 nitrogen and oxygen atoms in total. The molecule has 3 aromatic rings. The number of nitrogens with zero attached hydrogens (tertiary/aromatic N) is 2. The summed E-state index contributed by atoms with van der Waals surface area (Å²) in [6, 6.07) is 8.15. The maximum absolute atomic E-state index is 14.3. The van der Waals surface area contributed by atoms with Gasteiger partial charge in [-0.1, -0.05) is 23.7 Å². The lowest BCUT2D eigenvalue weighted by molar-refractivity contribution is -0.131. The summed E-state index contributed by atoms with van der Waals surface area (Å²) in [5.41, 5.74) is 2.18. The highest BCUT2D eigenvalue weighted by Gasteiger charge is 2.29. The van der Waals surface area contributed by atoms with Gasteiger partial charge in [0.2, 0.25) is 5.91 Å². The lowest BCUT2D eigenvalue weighted by Gasteiger charge is -2.36. The van der Waals surface area contributed by atoms with E-state index in [1.54, 1.807) is 4.90 Å². The zero-order chi connectivity index (χ0) is 19.8. The predicted octanol–water partition coefficient (Wildman–Crippen LogP) is 3.27. The molecule has 0 radical (unpaired) electrons. The molecule has 1 aromatic heterocycles. The first-order valence-electron chi connectivity index (χ1n) is 8.93. The van der Waals surface area contributed by atoms with Crippen molar-refractivity contribution in [3.05, 3.63) is 69.0 Å². The zero-order valence-corrected chi connectivity index (χ0v) is 15.9. The molecule has 28 heavy (non-hydrogen) atoms. The molecule has 2 heterocycles. The van der Waals surface area contributed by atoms with Crippen LogP contribution >= 0.6 is 11.6 Å². The molecule has 0 aliphatic carbocycles. The third-order valence-corrected chi connectivity index (χ3v) is 5.46. The second-order valence-corrected chi connectivity index (χ2v) is 7.17. The van der Waals surface area contributed by atoms with E-state index in [1.165, 1.54) is 12.4 Å². The van der Waals surface area contributed by atoms with Crippen molar-refractivity contribution in [1.82, 2.24) is 14.9 Å². The van der Waals surface area contributed by atoms with Crippen molar-refractivity contribution in [2.24, 2.45) is 0 Å². The molecule has 0 spiro atoms. The number of rotatable bonds is 3. The van der Waals surface area contributed by atoms with Gasteiger partial charge in [-0.05, 0) is 42.7 Å². The van der Waals surface area contributed by atoms with Crippen molar-refractivity contribution in [2.45, 2.75) is 19.4 Å². The molecule has 1 aliphatic heterocycles. The number of carbonyl (C=O) groups is 1. The van der Waals surface area contributed by atoms with Crippen molar-refractivity contribution >= 4 is 34.1 Å². The van der Waals surface area contributed by atoms with Crippen LogP contribution in [0.15, 0.2) is 41.5 Å². The fraction of sp³-hybridized carbons (Fsp3) is 0.250. The maximum Gasteiger partial charge on any atom is 0.258 e. The standard InChI is InChI=1S/C20H18ClFN4O2/c1-11-19-12(3-2-4-14(19)21)5-6-26(11)18(27)9-23-17-8-16-13(7-15(17)22)20(28)25-10-24-16/h2-4,7-8,10-11,23H,5-6,9H2,1H3,(H,24,25,28). The smallest absolute Gasteiger partial charge is 0.258 e. The van der Waals surface area contributed by atoms with Gasteiger partial charge in [0.25, 0.3) is 5.56 Å². The van der Waals surface area contributed by atoms with Crippen molar-refractivity contribution in [2.75, 3.05) is 18.4 Å². The molecule has 8 heteroatoms. The summed E-state index contributed by atoms with van der Waals surface area (Å²) in [6.07, 6.45) is 1.98. The molecule has 0 saturated carbocycles. The number of benzene rings is 2. The number of amides is 1. The summed E-state index contributed by atoms with van der Waals surface area (Å²) in [7, 11) is 0. The first kappa shape index (κ1) is 18.4. The molecule has 2 aromatic carbocycles. The number of hydrogen-bond donors (Lipinski definition) is 2. The van der Waals surface area contributed by atoms with Crippen molar-refractivity contribution < 1.29 is 9.18 Å². The number of aromatic amines is 1. The van der Waals surface area contributed by atoms with E-state index in [1.807, 2.05) is 25.1 Å². The fourth-order valence-corrected chi connectivity index (χ4v) is 4.05. The van der Waals surface area contributed by atoms with E-state index in [4.69, 9.17) is 11.6 Å². The summed E-state index contributed by atoms with van der Waals surface area (Å²) < 4.78 is 14.3. The molecule has 0 bridgehead atoms. The number of H-pyrrole nitrogens is 1. The van der Waals surface area contributed by atoms with Crippen molar-refractivity contribution in [1.29, 1.82) is 0 Å². The minimum absolute atomic E-state index is 0.0737. The monoisotopic (exact) mass is 400 g/mol. The number of halogens is 2. The largest absolute Gasteiger partial charge is 0.374 e. The lowest BCUT2D eigenvalue weighted by Crippen LogP contribution is -2.41. The van der Waals surface area contributed by atoms with E-state index >= 15 is 0 Å². The first-order valence-corrected chi connectivity index (χ1v) is 9.31. The average Bonchev–Trinajstić information content (AvgIpc) is 2.67. The Labute approximate surface area is 165 Å². The Hall–Kier alpha value is -2.93. The molecule has 4 rings (SSSR count). The van der Waals surface area contributed by atoms with Gasteiger partial charge in [-0.25, -0.2) is 9.37 Å². The molecule has 1 unspecified atom stereocenters. The highest BCUT2D eigenvalue weighted by atomic mass is 35.5. The summed E-state index contributed by atoms with van der Waals surface area (Å²) in [6.45, 7) is 2.44. The lowest BCUT2D eigenvalue weighted by atomic mass is 9.93. The minimum Gasteiger partial charge on any atom is -0.374 e. The number of carbonyl (C=O) groups excluding carboxylic acids is 1. The predicted molar refractivity (Wildman–Crippen MR) is 106 cm³/mol. The molecule has 1 amide bonds. The van der Waals surface area contributed by atoms with E-state index in [2.05, 4.69) is 15.3 Å². The van der Waals surface area contributed by atoms with Crippen LogP contribution in [0.25, 0.3) is 10.9 Å². The molecule has 0 fully saturated rings. The second-order valence-electron chi connectivity index (χ2n) is 6.76. The van der Waals surface area contributed by atoms with Crippen LogP contribution in [-0.4, -0.2) is 33.9 Å². The molecular formula is C20H18ClFN4O2. The summed E-state index contributed by atoms with van der Waals surface area (Å²) in [4.78, 5) is 32.7. The van der Waals surface area contributed by atoms with Gasteiger partial charge in [-0.15, -0.1) is 0 Å². The summed E-state index contributed by atoms with van der Waals surface area (Å²) in [5.74, 6) is -0.768. The Bertz CT molecular complexity index is 1130. The van der Waals surface area contributed by atoms with Crippen LogP contribution in [0.3, 0.4) is 0 Å². The highest BCUT2D eigenvalue weighted by molar-refractivity contribution is 6.31. The van der Waals surface area contributed by atoms with Gasteiger partial charge in [0.1, 0.15) is 5.82 Å². The zero-order valence-electron chi connectivity index (χ0n) is 15.1. The number of hydrogen-bond acceptors (Lipinski definition) is 4. The van der Waals surface area contributed by atoms with Gasteiger partial charge in [-0.2, -0.15) is 0 Å². The fourth-order valence-electron chi connectivity index (χ4n) is 3.70. The Morgan fingerprint density at radius 1 is 1.43 bits per heavy atom. The molecule has 1 atom stereocenters. The first-order chi connectivity index (χ1) is 13.5. The third kappa shape index (κ3) is 3.22. The highest BCUT2D eigenvalue weighted by Crippen LogP contribution is 2.34. The van der Waals surface area contributed by atoms with Gasteiger partial charge in [0.05, 0.1) is 35.5 Å². The van der Waals surface area contributed by atoms with Gasteiger partial charge in [-0.3, -0.25) is 9.59 Å². The molecule has 2 N–H and O–H groups in total. The minimum atomic E-state index is -0.612. The average molecular weight is 401 g/mol. The van der Waals surface area contributed by atoms with Crippen LogP contribution in [0.2, 0.25) is 5.02 Å². The quantitative estimate of drug-likeness (QED) is 0.707. The maximum atomic E-state index is 14.3. The summed E-state index contributed by atoms with van der Waals surface area (Å²) in [5, 5.41) is 3.63. The number of fused-ring (bicyclic) bond motifs is 2. The van der Waals surface area contributed by atoms with Gasteiger partial charge >= 0.3 is 0 Å². The Kier molecular flexibility index (Phi) is 4.77. The van der Waals surface area contributed by atoms with Gasteiger partial charge < -0.3 is 15.2 Å². The van der Waals surface area contributed by atoms with E-state index in [0.29, 0.717) is 17.1 Å². The van der Waals surface area contributed by atoms with Crippen LogP contribution in [-0.2, 0) is 11.2 Å². The van der Waals surface area contributed by atoms with E-state index in [9.17, 15) is 14.0 Å². The number of aromatic nitrogens is 2.